The van der Waals surface area contributed by atoms with E-state index in [-0.39, 0.29) is 23.8 Å². The van der Waals surface area contributed by atoms with E-state index in [0.29, 0.717) is 13.1 Å². The molecule has 1 fully saturated rings. The fraction of sp³-hybridized carbons (Fsp3) is 0.500. The minimum atomic E-state index is -0.105. The van der Waals surface area contributed by atoms with Crippen molar-refractivity contribution in [1.82, 2.24) is 19.8 Å². The summed E-state index contributed by atoms with van der Waals surface area (Å²) in [4.78, 5) is 38.2. The Bertz CT molecular complexity index is 751. The van der Waals surface area contributed by atoms with Crippen LogP contribution in [-0.2, 0) is 16.1 Å². The van der Waals surface area contributed by atoms with Gasteiger partial charge in [0.15, 0.2) is 0 Å². The number of amides is 2. The molecule has 2 aromatic heterocycles. The molecular weight excluding hydrogens is 360 g/mol. The fourth-order valence-electron chi connectivity index (χ4n) is 3.65. The van der Waals surface area contributed by atoms with Crippen molar-refractivity contribution in [2.24, 2.45) is 0 Å². The zero-order valence-corrected chi connectivity index (χ0v) is 16.7. The number of carbonyl (C=O) groups is 2. The third kappa shape index (κ3) is 4.91. The monoisotopic (exact) mass is 386 g/mol. The smallest absolute Gasteiger partial charge is 0.230 e. The van der Waals surface area contributed by atoms with Crippen LogP contribution in [0.25, 0.3) is 0 Å². The highest BCUT2D eigenvalue weighted by molar-refractivity contribution is 7.10. The van der Waals surface area contributed by atoms with Gasteiger partial charge in [-0.3, -0.25) is 9.59 Å². The van der Waals surface area contributed by atoms with Gasteiger partial charge in [-0.15, -0.1) is 11.3 Å². The van der Waals surface area contributed by atoms with Crippen LogP contribution in [0.5, 0.6) is 0 Å². The second kappa shape index (κ2) is 9.08. The molecule has 0 saturated carbocycles. The molecule has 7 heteroatoms. The van der Waals surface area contributed by atoms with Crippen LogP contribution in [-0.4, -0.2) is 50.7 Å². The lowest BCUT2D eigenvalue weighted by Gasteiger charge is -2.30. The number of aromatic nitrogens is 2. The number of likely N-dealkylation sites (tertiary alicyclic amines) is 1. The standard InChI is InChI=1S/C20H26N4O2S/c1-15(19-6-4-10-27-19)20(26)23-8-3-5-18(7-9-23)24(16(2)25)13-17-11-21-14-22-12-17/h4,6,10-12,14-15,18H,3,5,7-9,13H2,1-2H3/t15-,18-/m1/s1. The largest absolute Gasteiger partial charge is 0.342 e. The van der Waals surface area contributed by atoms with Crippen molar-refractivity contribution in [3.63, 3.8) is 0 Å². The first-order chi connectivity index (χ1) is 13.1. The van der Waals surface area contributed by atoms with Gasteiger partial charge in [0.05, 0.1) is 5.92 Å². The Labute approximate surface area is 164 Å². The minimum absolute atomic E-state index is 0.0515. The summed E-state index contributed by atoms with van der Waals surface area (Å²) in [5, 5.41) is 2.01. The van der Waals surface area contributed by atoms with E-state index in [0.717, 1.165) is 36.2 Å². The molecule has 27 heavy (non-hydrogen) atoms. The highest BCUT2D eigenvalue weighted by atomic mass is 32.1. The van der Waals surface area contributed by atoms with Crippen molar-refractivity contribution in [1.29, 1.82) is 0 Å². The van der Waals surface area contributed by atoms with E-state index < -0.39 is 0 Å². The van der Waals surface area contributed by atoms with Crippen molar-refractivity contribution >= 4 is 23.2 Å². The molecule has 2 aromatic rings. The molecule has 144 valence electrons. The quantitative estimate of drug-likeness (QED) is 0.792. The number of hydrogen-bond donors (Lipinski definition) is 0. The Hall–Kier alpha value is -2.28. The number of nitrogens with zero attached hydrogens (tertiary/aromatic N) is 4. The topological polar surface area (TPSA) is 66.4 Å². The predicted molar refractivity (Wildman–Crippen MR) is 105 cm³/mol. The Morgan fingerprint density at radius 2 is 2.07 bits per heavy atom. The van der Waals surface area contributed by atoms with E-state index in [1.165, 1.54) is 6.33 Å². The van der Waals surface area contributed by atoms with Crippen molar-refractivity contribution < 1.29 is 9.59 Å². The molecule has 1 aliphatic rings. The highest BCUT2D eigenvalue weighted by Gasteiger charge is 2.29. The molecule has 0 bridgehead atoms. The molecule has 0 aromatic carbocycles. The van der Waals surface area contributed by atoms with Crippen LogP contribution in [0.1, 0.15) is 49.5 Å². The van der Waals surface area contributed by atoms with Crippen molar-refractivity contribution in [3.8, 4) is 0 Å². The fourth-order valence-corrected chi connectivity index (χ4v) is 4.43. The number of thiophene rings is 1. The van der Waals surface area contributed by atoms with Gasteiger partial charge in [-0.25, -0.2) is 9.97 Å². The van der Waals surface area contributed by atoms with Crippen LogP contribution < -0.4 is 0 Å². The molecule has 0 aliphatic carbocycles. The molecule has 1 saturated heterocycles. The van der Waals surface area contributed by atoms with Gasteiger partial charge in [0, 0.05) is 55.4 Å². The van der Waals surface area contributed by atoms with Crippen LogP contribution in [0.3, 0.4) is 0 Å². The average Bonchev–Trinajstić information content (AvgIpc) is 3.11. The second-order valence-corrected chi connectivity index (χ2v) is 8.02. The SMILES string of the molecule is CC(=O)N(Cc1cncnc1)[C@@H]1CCCN(C(=O)[C@H](C)c2cccs2)CC1. The number of hydrogen-bond acceptors (Lipinski definition) is 5. The lowest BCUT2D eigenvalue weighted by molar-refractivity contribution is -0.132. The first-order valence-electron chi connectivity index (χ1n) is 9.39. The first kappa shape index (κ1) is 19.5. The Morgan fingerprint density at radius 3 is 2.74 bits per heavy atom. The molecule has 6 nitrogen and oxygen atoms in total. The van der Waals surface area contributed by atoms with E-state index >= 15 is 0 Å². The van der Waals surface area contributed by atoms with Gasteiger partial charge in [-0.1, -0.05) is 6.07 Å². The maximum Gasteiger partial charge on any atom is 0.230 e. The average molecular weight is 387 g/mol. The molecule has 2 atom stereocenters. The zero-order valence-electron chi connectivity index (χ0n) is 15.9. The van der Waals surface area contributed by atoms with E-state index in [1.54, 1.807) is 30.7 Å². The summed E-state index contributed by atoms with van der Waals surface area (Å²) in [5.74, 6) is 0.131. The van der Waals surface area contributed by atoms with Crippen molar-refractivity contribution in [2.75, 3.05) is 13.1 Å². The minimum Gasteiger partial charge on any atom is -0.342 e. The Kier molecular flexibility index (Phi) is 6.55. The zero-order chi connectivity index (χ0) is 19.2. The summed E-state index contributed by atoms with van der Waals surface area (Å²) in [6.07, 6.45) is 7.60. The summed E-state index contributed by atoms with van der Waals surface area (Å²) >= 11 is 1.63. The molecular formula is C20H26N4O2S. The van der Waals surface area contributed by atoms with Gasteiger partial charge in [0.1, 0.15) is 6.33 Å². The number of carbonyl (C=O) groups excluding carboxylic acids is 2. The van der Waals surface area contributed by atoms with E-state index in [9.17, 15) is 9.59 Å². The predicted octanol–water partition coefficient (Wildman–Crippen LogP) is 3.07. The van der Waals surface area contributed by atoms with E-state index in [2.05, 4.69) is 9.97 Å². The third-order valence-corrected chi connectivity index (χ3v) is 6.22. The highest BCUT2D eigenvalue weighted by Crippen LogP contribution is 2.25. The molecule has 0 N–H and O–H groups in total. The lowest BCUT2D eigenvalue weighted by Crippen LogP contribution is -2.40. The Morgan fingerprint density at radius 1 is 1.30 bits per heavy atom. The third-order valence-electron chi connectivity index (χ3n) is 5.16. The van der Waals surface area contributed by atoms with Crippen molar-refractivity contribution in [3.05, 3.63) is 46.7 Å². The second-order valence-electron chi connectivity index (χ2n) is 7.04. The van der Waals surface area contributed by atoms with Gasteiger partial charge >= 0.3 is 0 Å². The van der Waals surface area contributed by atoms with Gasteiger partial charge < -0.3 is 9.80 Å². The van der Waals surface area contributed by atoms with Gasteiger partial charge in [0.25, 0.3) is 0 Å². The summed E-state index contributed by atoms with van der Waals surface area (Å²) < 4.78 is 0. The summed E-state index contributed by atoms with van der Waals surface area (Å²) in [5.41, 5.74) is 0.927. The molecule has 3 rings (SSSR count). The van der Waals surface area contributed by atoms with E-state index in [4.69, 9.17) is 0 Å². The molecule has 2 amide bonds. The van der Waals surface area contributed by atoms with Crippen LogP contribution in [0, 0.1) is 0 Å². The van der Waals surface area contributed by atoms with Crippen LogP contribution in [0.2, 0.25) is 0 Å². The number of rotatable bonds is 5. The summed E-state index contributed by atoms with van der Waals surface area (Å²) in [6, 6.07) is 4.14. The normalized spacial score (nSPS) is 18.6. The van der Waals surface area contributed by atoms with Gasteiger partial charge in [0.2, 0.25) is 11.8 Å². The van der Waals surface area contributed by atoms with Crippen molar-refractivity contribution in [2.45, 2.75) is 51.6 Å². The molecule has 3 heterocycles. The van der Waals surface area contributed by atoms with Gasteiger partial charge in [-0.05, 0) is 37.6 Å². The van der Waals surface area contributed by atoms with E-state index in [1.807, 2.05) is 34.2 Å². The molecule has 1 aliphatic heterocycles. The summed E-state index contributed by atoms with van der Waals surface area (Å²) in [7, 11) is 0. The van der Waals surface area contributed by atoms with Gasteiger partial charge in [-0.2, -0.15) is 0 Å². The molecule has 0 radical (unpaired) electrons. The Balaban J connectivity index is 1.64. The maximum atomic E-state index is 12.9. The van der Waals surface area contributed by atoms with Crippen LogP contribution in [0.4, 0.5) is 0 Å². The van der Waals surface area contributed by atoms with Crippen LogP contribution in [0.15, 0.2) is 36.2 Å². The lowest BCUT2D eigenvalue weighted by atomic mass is 10.1. The first-order valence-corrected chi connectivity index (χ1v) is 10.3. The molecule has 0 spiro atoms. The maximum absolute atomic E-state index is 12.9. The molecule has 0 unspecified atom stereocenters. The summed E-state index contributed by atoms with van der Waals surface area (Å²) in [6.45, 7) is 5.55. The van der Waals surface area contributed by atoms with Crippen LogP contribution >= 0.6 is 11.3 Å².